The highest BCUT2D eigenvalue weighted by Gasteiger charge is 2.18. The zero-order valence-corrected chi connectivity index (χ0v) is 21.0. The maximum absolute atomic E-state index is 15.0. The first kappa shape index (κ1) is 25.9. The van der Waals surface area contributed by atoms with E-state index in [1.54, 1.807) is 12.3 Å². The molecule has 0 spiro atoms. The molecule has 1 N–H and O–H groups in total. The second kappa shape index (κ2) is 12.2. The van der Waals surface area contributed by atoms with Crippen molar-refractivity contribution in [3.8, 4) is 5.75 Å². The van der Waals surface area contributed by atoms with Crippen LogP contribution in [0.15, 0.2) is 89.9 Å². The predicted octanol–water partition coefficient (Wildman–Crippen LogP) is 6.29. The minimum atomic E-state index is -0.590. The van der Waals surface area contributed by atoms with Gasteiger partial charge in [-0.3, -0.25) is 14.6 Å². The van der Waals surface area contributed by atoms with Gasteiger partial charge in [0, 0.05) is 24.6 Å². The molecule has 0 saturated heterocycles. The molecular formula is C31H30FNO4. The van der Waals surface area contributed by atoms with Crippen molar-refractivity contribution in [1.82, 2.24) is 4.98 Å². The summed E-state index contributed by atoms with van der Waals surface area (Å²) in [5, 5.41) is 0. The third-order valence-electron chi connectivity index (χ3n) is 6.33. The van der Waals surface area contributed by atoms with E-state index in [0.29, 0.717) is 42.4 Å². The van der Waals surface area contributed by atoms with Crippen molar-refractivity contribution in [2.45, 2.75) is 45.4 Å². The average Bonchev–Trinajstić information content (AvgIpc) is 2.91. The molecule has 0 fully saturated rings. The van der Waals surface area contributed by atoms with E-state index in [4.69, 9.17) is 4.89 Å². The molecule has 1 heterocycles. The van der Waals surface area contributed by atoms with Gasteiger partial charge in [0.15, 0.2) is 5.75 Å². The molecule has 3 aromatic carbocycles. The molecule has 4 rings (SSSR count). The first-order valence-corrected chi connectivity index (χ1v) is 12.4. The lowest BCUT2D eigenvalue weighted by Gasteiger charge is -2.19. The van der Waals surface area contributed by atoms with Crippen LogP contribution in [0.5, 0.6) is 5.75 Å². The Balaban J connectivity index is 1.56. The molecule has 1 aromatic heterocycles. The van der Waals surface area contributed by atoms with Gasteiger partial charge in [-0.1, -0.05) is 67.6 Å². The zero-order chi connectivity index (χ0) is 26.2. The van der Waals surface area contributed by atoms with Gasteiger partial charge >= 0.3 is 5.97 Å². The molecule has 0 unspecified atom stereocenters. The minimum absolute atomic E-state index is 0.0299. The van der Waals surface area contributed by atoms with Crippen LogP contribution in [0.4, 0.5) is 4.39 Å². The summed E-state index contributed by atoms with van der Waals surface area (Å²) in [4.78, 5) is 36.3. The second-order valence-corrected chi connectivity index (χ2v) is 8.96. The average molecular weight is 500 g/mol. The van der Waals surface area contributed by atoms with Gasteiger partial charge < -0.3 is 4.98 Å². The van der Waals surface area contributed by atoms with E-state index in [-0.39, 0.29) is 23.0 Å². The molecular weight excluding hydrogens is 469 g/mol. The van der Waals surface area contributed by atoms with Crippen LogP contribution in [0.2, 0.25) is 0 Å². The molecule has 5 nitrogen and oxygen atoms in total. The van der Waals surface area contributed by atoms with Crippen LogP contribution in [0, 0.1) is 5.82 Å². The fourth-order valence-corrected chi connectivity index (χ4v) is 4.55. The molecule has 0 radical (unpaired) electrons. The van der Waals surface area contributed by atoms with Gasteiger partial charge in [-0.2, -0.15) is 0 Å². The van der Waals surface area contributed by atoms with Crippen LogP contribution in [0.25, 0.3) is 0 Å². The van der Waals surface area contributed by atoms with Crippen molar-refractivity contribution in [1.29, 1.82) is 0 Å². The number of nitrogens with one attached hydrogen (secondary N) is 1. The number of hydrogen-bond donors (Lipinski definition) is 1. The van der Waals surface area contributed by atoms with Crippen LogP contribution >= 0.6 is 0 Å². The lowest BCUT2D eigenvalue weighted by molar-refractivity contribution is -0.210. The fraction of sp³-hybridized carbons (Fsp3) is 0.226. The number of pyridine rings is 1. The zero-order valence-electron chi connectivity index (χ0n) is 21.0. The molecule has 190 valence electrons. The van der Waals surface area contributed by atoms with E-state index in [1.807, 2.05) is 49.4 Å². The van der Waals surface area contributed by atoms with Gasteiger partial charge in [-0.15, -0.1) is 0 Å². The summed E-state index contributed by atoms with van der Waals surface area (Å²) in [5.74, 6) is -0.643. The normalized spacial score (nSPS) is 10.9. The Morgan fingerprint density at radius 2 is 1.46 bits per heavy atom. The quantitative estimate of drug-likeness (QED) is 0.206. The van der Waals surface area contributed by atoms with E-state index < -0.39 is 5.97 Å². The highest BCUT2D eigenvalue weighted by Crippen LogP contribution is 2.31. The SMILES string of the molecule is CCc1cc(OOC(C)=O)cc(CCCc2cc(C(c3ccccc3)c3ccccc3)c[nH]c2=O)c1F. The smallest absolute Gasteiger partial charge is 0.329 e. The third-order valence-corrected chi connectivity index (χ3v) is 6.33. The van der Waals surface area contributed by atoms with Crippen LogP contribution < -0.4 is 10.4 Å². The van der Waals surface area contributed by atoms with E-state index in [1.165, 1.54) is 13.0 Å². The Bertz CT molecular complexity index is 1360. The molecule has 0 saturated carbocycles. The van der Waals surface area contributed by atoms with E-state index in [9.17, 15) is 14.0 Å². The van der Waals surface area contributed by atoms with Crippen molar-refractivity contribution in [3.63, 3.8) is 0 Å². The van der Waals surface area contributed by atoms with Gasteiger partial charge in [0.2, 0.25) is 0 Å². The van der Waals surface area contributed by atoms with Crippen LogP contribution in [0.3, 0.4) is 0 Å². The first-order chi connectivity index (χ1) is 18.0. The van der Waals surface area contributed by atoms with Crippen LogP contribution in [-0.2, 0) is 28.9 Å². The molecule has 0 aliphatic carbocycles. The maximum Gasteiger partial charge on any atom is 0.352 e. The standard InChI is InChI=1S/C31H30FNO4/c1-3-22-18-28(37-36-21(2)34)19-25(30(22)32)15-10-16-26-17-27(20-33-31(26)35)29(23-11-6-4-7-12-23)24-13-8-5-9-14-24/h4-9,11-14,17-20,29H,3,10,15-16H2,1-2H3,(H,33,35). The van der Waals surface area contributed by atoms with Crippen molar-refractivity contribution in [2.75, 3.05) is 0 Å². The summed E-state index contributed by atoms with van der Waals surface area (Å²) in [6.07, 6.45) is 3.69. The van der Waals surface area contributed by atoms with E-state index in [0.717, 1.165) is 16.7 Å². The lowest BCUT2D eigenvalue weighted by atomic mass is 9.85. The Labute approximate surface area is 215 Å². The number of rotatable bonds is 10. The molecule has 0 amide bonds. The van der Waals surface area contributed by atoms with Gasteiger partial charge in [0.1, 0.15) is 5.82 Å². The number of carbonyl (C=O) groups excluding carboxylic acids is 1. The maximum atomic E-state index is 15.0. The van der Waals surface area contributed by atoms with Gasteiger partial charge in [0.05, 0.1) is 0 Å². The topological polar surface area (TPSA) is 68.4 Å². The van der Waals surface area contributed by atoms with Gasteiger partial charge in [0.25, 0.3) is 5.56 Å². The van der Waals surface area contributed by atoms with Crippen LogP contribution in [-0.4, -0.2) is 11.0 Å². The number of aromatic amines is 1. The highest BCUT2D eigenvalue weighted by molar-refractivity contribution is 5.65. The van der Waals surface area contributed by atoms with Gasteiger partial charge in [-0.25, -0.2) is 9.18 Å². The van der Waals surface area contributed by atoms with Crippen molar-refractivity contribution in [2.24, 2.45) is 0 Å². The lowest BCUT2D eigenvalue weighted by Crippen LogP contribution is -2.15. The number of benzene rings is 3. The Hall–Kier alpha value is -4.19. The molecule has 6 heteroatoms. The second-order valence-electron chi connectivity index (χ2n) is 8.96. The van der Waals surface area contributed by atoms with Gasteiger partial charge in [-0.05, 0) is 71.7 Å². The van der Waals surface area contributed by atoms with Crippen molar-refractivity contribution < 1.29 is 19.0 Å². The molecule has 37 heavy (non-hydrogen) atoms. The molecule has 0 bridgehead atoms. The summed E-state index contributed by atoms with van der Waals surface area (Å²) in [6, 6.07) is 25.4. The number of hydrogen-bond acceptors (Lipinski definition) is 4. The summed E-state index contributed by atoms with van der Waals surface area (Å²) in [5.41, 5.74) is 4.69. The Morgan fingerprint density at radius 3 is 2.05 bits per heavy atom. The number of halogens is 1. The number of H-pyrrole nitrogens is 1. The summed E-state index contributed by atoms with van der Waals surface area (Å²) in [6.45, 7) is 3.08. The Kier molecular flexibility index (Phi) is 8.52. The highest BCUT2D eigenvalue weighted by atomic mass is 19.1. The third kappa shape index (κ3) is 6.53. The van der Waals surface area contributed by atoms with Crippen LogP contribution in [0.1, 0.15) is 59.6 Å². The summed E-state index contributed by atoms with van der Waals surface area (Å²) < 4.78 is 15.0. The molecule has 4 aromatic rings. The minimum Gasteiger partial charge on any atom is -0.329 e. The van der Waals surface area contributed by atoms with Crippen molar-refractivity contribution in [3.05, 3.63) is 135 Å². The predicted molar refractivity (Wildman–Crippen MR) is 141 cm³/mol. The van der Waals surface area contributed by atoms with Crippen molar-refractivity contribution >= 4 is 5.97 Å². The van der Waals surface area contributed by atoms with E-state index >= 15 is 0 Å². The Morgan fingerprint density at radius 1 is 0.865 bits per heavy atom. The first-order valence-electron chi connectivity index (χ1n) is 12.4. The monoisotopic (exact) mass is 499 g/mol. The summed E-state index contributed by atoms with van der Waals surface area (Å²) >= 11 is 0. The summed E-state index contributed by atoms with van der Waals surface area (Å²) in [7, 11) is 0. The molecule has 0 aliphatic heterocycles. The fourth-order valence-electron chi connectivity index (χ4n) is 4.55. The van der Waals surface area contributed by atoms with E-state index in [2.05, 4.69) is 34.1 Å². The number of carbonyl (C=O) groups is 1. The number of aromatic nitrogens is 1. The largest absolute Gasteiger partial charge is 0.352 e. The molecule has 0 aliphatic rings. The molecule has 0 atom stereocenters. The number of aryl methyl sites for hydroxylation is 3.